The lowest BCUT2D eigenvalue weighted by Crippen LogP contribution is -2.33. The van der Waals surface area contributed by atoms with Crippen molar-refractivity contribution in [1.82, 2.24) is 34.6 Å². The molecule has 4 aromatic heterocycles. The summed E-state index contributed by atoms with van der Waals surface area (Å²) >= 11 is 0. The monoisotopic (exact) mass is 417 g/mol. The van der Waals surface area contributed by atoms with Crippen molar-refractivity contribution >= 4 is 23.0 Å². The van der Waals surface area contributed by atoms with Crippen LogP contribution < -0.4 is 10.2 Å². The first-order valence-electron chi connectivity index (χ1n) is 10.6. The van der Waals surface area contributed by atoms with Crippen molar-refractivity contribution in [3.05, 3.63) is 52.7 Å². The molecule has 9 heteroatoms. The summed E-state index contributed by atoms with van der Waals surface area (Å²) in [5, 5.41) is 21.1. The van der Waals surface area contributed by atoms with Crippen LogP contribution in [0.25, 0.3) is 5.65 Å². The van der Waals surface area contributed by atoms with Crippen molar-refractivity contribution in [3.63, 3.8) is 0 Å². The number of rotatable bonds is 4. The highest BCUT2D eigenvalue weighted by molar-refractivity contribution is 5.61. The van der Waals surface area contributed by atoms with Gasteiger partial charge in [0.2, 0.25) is 0 Å². The molecule has 9 nitrogen and oxygen atoms in total. The molecule has 1 aliphatic heterocycles. The van der Waals surface area contributed by atoms with Gasteiger partial charge in [0.1, 0.15) is 12.1 Å². The Morgan fingerprint density at radius 1 is 1.06 bits per heavy atom. The normalized spacial score (nSPS) is 13.8. The molecule has 1 aliphatic rings. The molecule has 160 valence electrons. The Labute approximate surface area is 181 Å². The smallest absolute Gasteiger partial charge is 0.180 e. The minimum Gasteiger partial charge on any atom is -0.350 e. The van der Waals surface area contributed by atoms with E-state index >= 15 is 0 Å². The fraction of sp³-hybridized carbons (Fsp3) is 0.409. The van der Waals surface area contributed by atoms with E-state index in [1.54, 1.807) is 10.8 Å². The molecule has 0 aromatic carbocycles. The van der Waals surface area contributed by atoms with Gasteiger partial charge in [-0.1, -0.05) is 0 Å². The second-order valence-corrected chi connectivity index (χ2v) is 8.51. The fourth-order valence-electron chi connectivity index (χ4n) is 4.19. The topological polar surface area (TPSA) is 89.1 Å². The number of hydrogen-bond acceptors (Lipinski definition) is 7. The Balaban J connectivity index is 1.45. The Hall–Kier alpha value is -3.49. The van der Waals surface area contributed by atoms with E-state index in [4.69, 9.17) is 10.1 Å². The summed E-state index contributed by atoms with van der Waals surface area (Å²) < 4.78 is 3.77. The highest BCUT2D eigenvalue weighted by atomic mass is 15.4. The molecule has 0 saturated heterocycles. The predicted octanol–water partition coefficient (Wildman–Crippen LogP) is 3.53. The fourth-order valence-corrected chi connectivity index (χ4v) is 4.19. The van der Waals surface area contributed by atoms with E-state index in [-0.39, 0.29) is 6.04 Å². The largest absolute Gasteiger partial charge is 0.350 e. The summed E-state index contributed by atoms with van der Waals surface area (Å²) in [4.78, 5) is 7.06. The van der Waals surface area contributed by atoms with Crippen molar-refractivity contribution < 1.29 is 0 Å². The third kappa shape index (κ3) is 3.39. The van der Waals surface area contributed by atoms with Crippen molar-refractivity contribution in [3.8, 4) is 0 Å². The highest BCUT2D eigenvalue weighted by Crippen LogP contribution is 2.29. The summed E-state index contributed by atoms with van der Waals surface area (Å²) in [6, 6.07) is 4.54. The number of nitrogens with zero attached hydrogens (tertiary/aromatic N) is 8. The van der Waals surface area contributed by atoms with Crippen molar-refractivity contribution in [2.24, 2.45) is 0 Å². The molecule has 0 bridgehead atoms. The van der Waals surface area contributed by atoms with Crippen LogP contribution in [0.15, 0.2) is 24.7 Å². The van der Waals surface area contributed by atoms with Crippen molar-refractivity contribution in [1.29, 1.82) is 0 Å². The van der Waals surface area contributed by atoms with Crippen LogP contribution in [-0.2, 0) is 13.0 Å². The first kappa shape index (κ1) is 19.5. The average Bonchev–Trinajstić information content (AvgIpc) is 3.36. The van der Waals surface area contributed by atoms with Crippen molar-refractivity contribution in [2.45, 2.75) is 53.6 Å². The van der Waals surface area contributed by atoms with E-state index in [0.29, 0.717) is 0 Å². The predicted molar refractivity (Wildman–Crippen MR) is 120 cm³/mol. The van der Waals surface area contributed by atoms with Gasteiger partial charge in [-0.3, -0.25) is 4.98 Å². The summed E-state index contributed by atoms with van der Waals surface area (Å²) in [5.41, 5.74) is 7.39. The van der Waals surface area contributed by atoms with Crippen LogP contribution in [0.4, 0.5) is 17.3 Å². The van der Waals surface area contributed by atoms with E-state index in [9.17, 15) is 0 Å². The van der Waals surface area contributed by atoms with Crippen LogP contribution in [0.5, 0.6) is 0 Å². The second kappa shape index (κ2) is 7.33. The SMILES string of the molecule is Cc1cc(Nc2cnc3c(c2)CN(c2nn4cnnc4c(C)c2C)CC3)n(C(C)C)n1. The van der Waals surface area contributed by atoms with Crippen LogP contribution in [0.3, 0.4) is 0 Å². The number of anilines is 3. The zero-order valence-electron chi connectivity index (χ0n) is 18.6. The number of aromatic nitrogens is 7. The summed E-state index contributed by atoms with van der Waals surface area (Å²) in [5.74, 6) is 1.95. The summed E-state index contributed by atoms with van der Waals surface area (Å²) in [7, 11) is 0. The second-order valence-electron chi connectivity index (χ2n) is 8.51. The Bertz CT molecular complexity index is 1270. The molecule has 0 spiro atoms. The van der Waals surface area contributed by atoms with Crippen LogP contribution in [0.2, 0.25) is 0 Å². The highest BCUT2D eigenvalue weighted by Gasteiger charge is 2.23. The van der Waals surface area contributed by atoms with Gasteiger partial charge in [0.15, 0.2) is 11.5 Å². The van der Waals surface area contributed by atoms with Crippen LogP contribution >= 0.6 is 0 Å². The number of aryl methyl sites for hydroxylation is 2. The van der Waals surface area contributed by atoms with Gasteiger partial charge in [-0.2, -0.15) is 9.61 Å². The third-order valence-electron chi connectivity index (χ3n) is 5.92. The van der Waals surface area contributed by atoms with Gasteiger partial charge in [0.05, 0.1) is 17.6 Å². The Morgan fingerprint density at radius 3 is 2.71 bits per heavy atom. The van der Waals surface area contributed by atoms with Gasteiger partial charge in [0.25, 0.3) is 0 Å². The van der Waals surface area contributed by atoms with E-state index in [2.05, 4.69) is 65.3 Å². The standard InChI is InChI=1S/C22H27N9/c1-13(2)31-20(8-14(3)27-31)25-18-9-17-11-29(7-6-19(17)23-10-18)22-16(5)15(4)21-26-24-12-30(21)28-22/h8-10,12-13,25H,6-7,11H2,1-5H3. The van der Waals surface area contributed by atoms with Gasteiger partial charge >= 0.3 is 0 Å². The Morgan fingerprint density at radius 2 is 1.90 bits per heavy atom. The average molecular weight is 418 g/mol. The maximum Gasteiger partial charge on any atom is 0.180 e. The summed E-state index contributed by atoms with van der Waals surface area (Å²) in [6.07, 6.45) is 4.46. The molecule has 0 fully saturated rings. The molecule has 0 amide bonds. The quantitative estimate of drug-likeness (QED) is 0.543. The molecule has 5 heterocycles. The van der Waals surface area contributed by atoms with Gasteiger partial charge in [-0.05, 0) is 46.2 Å². The van der Waals surface area contributed by atoms with E-state index in [0.717, 1.165) is 65.0 Å². The Kier molecular flexibility index (Phi) is 4.60. The summed E-state index contributed by atoms with van der Waals surface area (Å²) in [6.45, 7) is 12.1. The molecule has 0 atom stereocenters. The van der Waals surface area contributed by atoms with Gasteiger partial charge in [-0.15, -0.1) is 15.3 Å². The van der Waals surface area contributed by atoms with Gasteiger partial charge < -0.3 is 10.2 Å². The molecule has 4 aromatic rings. The lowest BCUT2D eigenvalue weighted by atomic mass is 10.0. The third-order valence-corrected chi connectivity index (χ3v) is 5.92. The van der Waals surface area contributed by atoms with Crippen LogP contribution in [0, 0.1) is 20.8 Å². The maximum absolute atomic E-state index is 4.79. The zero-order valence-corrected chi connectivity index (χ0v) is 18.6. The lowest BCUT2D eigenvalue weighted by Gasteiger charge is -2.30. The molecule has 0 saturated carbocycles. The van der Waals surface area contributed by atoms with Crippen LogP contribution in [0.1, 0.15) is 48.0 Å². The lowest BCUT2D eigenvalue weighted by molar-refractivity contribution is 0.536. The maximum atomic E-state index is 4.79. The van der Waals surface area contributed by atoms with Gasteiger partial charge in [-0.25, -0.2) is 4.68 Å². The first-order chi connectivity index (χ1) is 14.9. The van der Waals surface area contributed by atoms with E-state index < -0.39 is 0 Å². The molecule has 1 N–H and O–H groups in total. The number of hydrogen-bond donors (Lipinski definition) is 1. The molecule has 0 aliphatic carbocycles. The minimum atomic E-state index is 0.280. The minimum absolute atomic E-state index is 0.280. The first-order valence-corrected chi connectivity index (χ1v) is 10.6. The van der Waals surface area contributed by atoms with E-state index in [1.807, 2.05) is 17.8 Å². The molecule has 5 rings (SSSR count). The molecule has 31 heavy (non-hydrogen) atoms. The number of nitrogens with one attached hydrogen (secondary N) is 1. The van der Waals surface area contributed by atoms with E-state index in [1.165, 1.54) is 5.56 Å². The molecular weight excluding hydrogens is 390 g/mol. The molecule has 0 unspecified atom stereocenters. The number of pyridine rings is 1. The van der Waals surface area contributed by atoms with Gasteiger partial charge in [0, 0.05) is 48.4 Å². The van der Waals surface area contributed by atoms with Crippen molar-refractivity contribution in [2.75, 3.05) is 16.8 Å². The zero-order chi connectivity index (χ0) is 21.7. The van der Waals surface area contributed by atoms with Crippen LogP contribution in [-0.4, -0.2) is 41.1 Å². The number of fused-ring (bicyclic) bond motifs is 2. The molecule has 0 radical (unpaired) electrons. The molecular formula is C22H27N9.